The van der Waals surface area contributed by atoms with Crippen molar-refractivity contribution in [2.75, 3.05) is 19.1 Å². The molecule has 0 fully saturated rings. The molecule has 23 heavy (non-hydrogen) atoms. The smallest absolute Gasteiger partial charge is 0.275 e. The molecule has 1 aromatic carbocycles. The van der Waals surface area contributed by atoms with Gasteiger partial charge in [-0.25, -0.2) is 0 Å². The number of benzene rings is 1. The lowest BCUT2D eigenvalue weighted by Crippen LogP contribution is -2.44. The van der Waals surface area contributed by atoms with Crippen LogP contribution in [-0.2, 0) is 7.05 Å². The van der Waals surface area contributed by atoms with Gasteiger partial charge in [-0.3, -0.25) is 19.2 Å². The summed E-state index contributed by atoms with van der Waals surface area (Å²) in [5, 5.41) is 6.94. The molecule has 0 bridgehead atoms. The van der Waals surface area contributed by atoms with Gasteiger partial charge in [0.15, 0.2) is 17.2 Å². The zero-order chi connectivity index (χ0) is 16.3. The molecule has 8 heteroatoms. The number of hydrogen-bond acceptors (Lipinski definition) is 5. The lowest BCUT2D eigenvalue weighted by atomic mass is 10.1. The summed E-state index contributed by atoms with van der Waals surface area (Å²) in [6, 6.07) is 3.49. The van der Waals surface area contributed by atoms with E-state index in [1.807, 2.05) is 0 Å². The molecule has 0 radical (unpaired) electrons. The molecule has 2 amide bonds. The summed E-state index contributed by atoms with van der Waals surface area (Å²) in [5.74, 6) is 0.272. The van der Waals surface area contributed by atoms with Gasteiger partial charge < -0.3 is 14.8 Å². The topological polar surface area (TPSA) is 85.7 Å². The van der Waals surface area contributed by atoms with Gasteiger partial charge in [0.2, 0.25) is 0 Å². The first-order valence-corrected chi connectivity index (χ1v) is 6.99. The van der Waals surface area contributed by atoms with Crippen LogP contribution in [0.4, 0.5) is 5.69 Å². The highest BCUT2D eigenvalue weighted by molar-refractivity contribution is 6.17. The first kappa shape index (κ1) is 13.6. The maximum absolute atomic E-state index is 13.0. The maximum Gasteiger partial charge on any atom is 0.275 e. The number of amides is 2. The number of nitrogens with zero attached hydrogens (tertiary/aromatic N) is 3. The number of anilines is 1. The van der Waals surface area contributed by atoms with Crippen molar-refractivity contribution in [3.8, 4) is 11.5 Å². The Morgan fingerprint density at radius 3 is 2.70 bits per heavy atom. The van der Waals surface area contributed by atoms with Crippen LogP contribution in [0, 0.1) is 0 Å². The van der Waals surface area contributed by atoms with Crippen LogP contribution in [0.25, 0.3) is 0 Å². The Hall–Kier alpha value is -3.03. The highest BCUT2D eigenvalue weighted by atomic mass is 16.5. The van der Waals surface area contributed by atoms with Gasteiger partial charge in [0.05, 0.1) is 25.5 Å². The molecule has 0 saturated carbocycles. The largest absolute Gasteiger partial charge is 0.493 e. The Balaban J connectivity index is 1.95. The minimum Gasteiger partial charge on any atom is -0.493 e. The number of rotatable bonds is 2. The second-order valence-corrected chi connectivity index (χ2v) is 5.35. The van der Waals surface area contributed by atoms with Crippen LogP contribution in [0.2, 0.25) is 0 Å². The van der Waals surface area contributed by atoms with Gasteiger partial charge in [-0.1, -0.05) is 6.07 Å². The van der Waals surface area contributed by atoms with Crippen LogP contribution in [0.5, 0.6) is 11.5 Å². The fourth-order valence-corrected chi connectivity index (χ4v) is 3.16. The van der Waals surface area contributed by atoms with Gasteiger partial charge in [-0.2, -0.15) is 5.10 Å². The molecule has 0 saturated heterocycles. The SMILES string of the molecule is COc1ccc2c(c1OC)C(=O)N1c3cn(C)nc3C(=O)N[C@@H]21. The van der Waals surface area contributed by atoms with E-state index >= 15 is 0 Å². The number of aryl methyl sites for hydroxylation is 1. The van der Waals surface area contributed by atoms with Gasteiger partial charge in [0.1, 0.15) is 6.17 Å². The second-order valence-electron chi connectivity index (χ2n) is 5.35. The van der Waals surface area contributed by atoms with Gasteiger partial charge in [0, 0.05) is 18.8 Å². The predicted molar refractivity (Wildman–Crippen MR) is 79.8 cm³/mol. The second kappa shape index (κ2) is 4.48. The number of nitrogens with one attached hydrogen (secondary N) is 1. The summed E-state index contributed by atoms with van der Waals surface area (Å²) in [6.45, 7) is 0. The molecule has 1 N–H and O–H groups in total. The summed E-state index contributed by atoms with van der Waals surface area (Å²) in [7, 11) is 4.70. The van der Waals surface area contributed by atoms with E-state index in [1.54, 1.807) is 25.4 Å². The third kappa shape index (κ3) is 1.63. The third-order valence-corrected chi connectivity index (χ3v) is 4.12. The molecule has 0 unspecified atom stereocenters. The summed E-state index contributed by atoms with van der Waals surface area (Å²) in [5.41, 5.74) is 1.80. The Kier molecular flexibility index (Phi) is 2.65. The van der Waals surface area contributed by atoms with Crippen molar-refractivity contribution < 1.29 is 19.1 Å². The predicted octanol–water partition coefficient (Wildman–Crippen LogP) is 0.840. The molecule has 3 heterocycles. The van der Waals surface area contributed by atoms with Crippen LogP contribution in [-0.4, -0.2) is 35.8 Å². The van der Waals surface area contributed by atoms with Crippen LogP contribution in [0.15, 0.2) is 18.3 Å². The number of fused-ring (bicyclic) bond motifs is 5. The number of hydrogen-bond donors (Lipinski definition) is 1. The molecule has 118 valence electrons. The molecule has 0 aliphatic carbocycles. The molecule has 2 aliphatic heterocycles. The molecular formula is C15H14N4O4. The van der Waals surface area contributed by atoms with E-state index in [0.717, 1.165) is 0 Å². The number of ether oxygens (including phenoxy) is 2. The highest BCUT2D eigenvalue weighted by Gasteiger charge is 2.47. The van der Waals surface area contributed by atoms with Crippen LogP contribution in [0.1, 0.15) is 32.6 Å². The van der Waals surface area contributed by atoms with Crippen molar-refractivity contribution in [3.05, 3.63) is 35.2 Å². The summed E-state index contributed by atoms with van der Waals surface area (Å²) < 4.78 is 12.1. The lowest BCUT2D eigenvalue weighted by molar-refractivity contribution is 0.0907. The van der Waals surface area contributed by atoms with Gasteiger partial charge in [0.25, 0.3) is 11.8 Å². The number of aromatic nitrogens is 2. The van der Waals surface area contributed by atoms with Gasteiger partial charge in [-0.05, 0) is 6.07 Å². The first-order chi connectivity index (χ1) is 11.1. The van der Waals surface area contributed by atoms with E-state index in [4.69, 9.17) is 9.47 Å². The van der Waals surface area contributed by atoms with E-state index in [2.05, 4.69) is 10.4 Å². The van der Waals surface area contributed by atoms with E-state index < -0.39 is 6.17 Å². The zero-order valence-electron chi connectivity index (χ0n) is 12.8. The fraction of sp³-hybridized carbons (Fsp3) is 0.267. The van der Waals surface area contributed by atoms with Crippen molar-refractivity contribution in [1.82, 2.24) is 15.1 Å². The molecule has 4 rings (SSSR count). The number of methoxy groups -OCH3 is 2. The van der Waals surface area contributed by atoms with E-state index in [0.29, 0.717) is 28.3 Å². The van der Waals surface area contributed by atoms with E-state index in [9.17, 15) is 9.59 Å². The van der Waals surface area contributed by atoms with Crippen LogP contribution >= 0.6 is 0 Å². The monoisotopic (exact) mass is 314 g/mol. The Labute approximate surface area is 131 Å². The van der Waals surface area contributed by atoms with Crippen molar-refractivity contribution in [1.29, 1.82) is 0 Å². The minimum absolute atomic E-state index is 0.232. The fourth-order valence-electron chi connectivity index (χ4n) is 3.16. The molecule has 2 aromatic rings. The summed E-state index contributed by atoms with van der Waals surface area (Å²) in [4.78, 5) is 26.7. The molecule has 0 spiro atoms. The Morgan fingerprint density at radius 1 is 1.22 bits per heavy atom. The minimum atomic E-state index is -0.568. The number of carbonyl (C=O) groups is 2. The molecule has 8 nitrogen and oxygen atoms in total. The Morgan fingerprint density at radius 2 is 2.00 bits per heavy atom. The molecular weight excluding hydrogens is 300 g/mol. The molecule has 2 aliphatic rings. The summed E-state index contributed by atoms with van der Waals surface area (Å²) in [6.07, 6.45) is 1.09. The average Bonchev–Trinajstić information content (AvgIpc) is 3.05. The van der Waals surface area contributed by atoms with Crippen LogP contribution in [0.3, 0.4) is 0 Å². The normalized spacial score (nSPS) is 18.2. The van der Waals surface area contributed by atoms with Crippen molar-refractivity contribution in [2.45, 2.75) is 6.17 Å². The molecule has 1 aromatic heterocycles. The standard InChI is InChI=1S/C15H14N4O4/c1-18-6-8-11(17-18)14(20)16-13-7-4-5-9(22-2)12(23-3)10(7)15(21)19(8)13/h4-6,13H,1-3H3,(H,16,20)/t13-/m1/s1. The maximum atomic E-state index is 13.0. The van der Waals surface area contributed by atoms with Gasteiger partial charge >= 0.3 is 0 Å². The zero-order valence-corrected chi connectivity index (χ0v) is 12.8. The average molecular weight is 314 g/mol. The quantitative estimate of drug-likeness (QED) is 0.888. The van der Waals surface area contributed by atoms with E-state index in [-0.39, 0.29) is 17.5 Å². The lowest BCUT2D eigenvalue weighted by Gasteiger charge is -2.29. The van der Waals surface area contributed by atoms with Gasteiger partial charge in [-0.15, -0.1) is 0 Å². The third-order valence-electron chi connectivity index (χ3n) is 4.12. The number of carbonyl (C=O) groups excluding carboxylic acids is 2. The highest BCUT2D eigenvalue weighted by Crippen LogP contribution is 2.46. The molecule has 1 atom stereocenters. The Bertz CT molecular complexity index is 857. The first-order valence-electron chi connectivity index (χ1n) is 6.99. The van der Waals surface area contributed by atoms with Crippen LogP contribution < -0.4 is 19.7 Å². The van der Waals surface area contributed by atoms with Crippen molar-refractivity contribution >= 4 is 17.5 Å². The summed E-state index contributed by atoms with van der Waals surface area (Å²) >= 11 is 0. The van der Waals surface area contributed by atoms with E-state index in [1.165, 1.54) is 23.8 Å². The van der Waals surface area contributed by atoms with Crippen molar-refractivity contribution in [3.63, 3.8) is 0 Å². The van der Waals surface area contributed by atoms with Crippen molar-refractivity contribution in [2.24, 2.45) is 7.05 Å².